The molecule has 1 atom stereocenters. The third-order valence-electron chi connectivity index (χ3n) is 6.31. The summed E-state index contributed by atoms with van der Waals surface area (Å²) in [6, 6.07) is 15.5. The van der Waals surface area contributed by atoms with Gasteiger partial charge >= 0.3 is 0 Å². The lowest BCUT2D eigenvalue weighted by atomic mass is 10.1. The number of sulfonamides is 1. The number of nitrogens with one attached hydrogen (secondary N) is 1. The largest absolute Gasteiger partial charge is 0.352 e. The second-order valence-electron chi connectivity index (χ2n) is 9.09. The van der Waals surface area contributed by atoms with Crippen LogP contribution >= 0.6 is 11.6 Å². The number of rotatable bonds is 11. The highest BCUT2D eigenvalue weighted by atomic mass is 35.5. The SMILES string of the molecule is C[C@H](C(=O)NC1CCCC1)N(Cc1cccc(Cl)c1)C(=O)CCCN(c1ccccc1)S(C)(=O)=O. The Labute approximate surface area is 213 Å². The maximum Gasteiger partial charge on any atom is 0.242 e. The van der Waals surface area contributed by atoms with Crippen LogP contribution in [0.3, 0.4) is 0 Å². The first-order valence-electron chi connectivity index (χ1n) is 12.0. The molecular weight excluding hydrogens is 486 g/mol. The zero-order valence-corrected chi connectivity index (χ0v) is 21.9. The van der Waals surface area contributed by atoms with Gasteiger partial charge in [0.2, 0.25) is 21.8 Å². The van der Waals surface area contributed by atoms with Crippen LogP contribution in [0.4, 0.5) is 5.69 Å². The minimum absolute atomic E-state index is 0.112. The minimum atomic E-state index is -3.50. The first-order chi connectivity index (χ1) is 16.6. The zero-order chi connectivity index (χ0) is 25.4. The van der Waals surface area contributed by atoms with Gasteiger partial charge in [0.25, 0.3) is 0 Å². The number of carbonyl (C=O) groups excluding carboxylic acids is 2. The molecular formula is C26H34ClN3O4S. The van der Waals surface area contributed by atoms with E-state index in [1.807, 2.05) is 18.2 Å². The van der Waals surface area contributed by atoms with E-state index in [9.17, 15) is 18.0 Å². The number of hydrogen-bond acceptors (Lipinski definition) is 4. The van der Waals surface area contributed by atoms with Crippen molar-refractivity contribution in [3.63, 3.8) is 0 Å². The van der Waals surface area contributed by atoms with Crippen molar-refractivity contribution >= 4 is 39.1 Å². The van der Waals surface area contributed by atoms with Gasteiger partial charge in [0, 0.05) is 30.6 Å². The molecule has 2 aromatic rings. The molecule has 0 bridgehead atoms. The van der Waals surface area contributed by atoms with Crippen LogP contribution < -0.4 is 9.62 Å². The van der Waals surface area contributed by atoms with E-state index in [1.165, 1.54) is 4.31 Å². The number of anilines is 1. The fourth-order valence-electron chi connectivity index (χ4n) is 4.40. The van der Waals surface area contributed by atoms with Crippen LogP contribution in [-0.4, -0.2) is 50.0 Å². The Balaban J connectivity index is 1.70. The number of halogens is 1. The van der Waals surface area contributed by atoms with E-state index in [4.69, 9.17) is 11.6 Å². The Morgan fingerprint density at radius 3 is 2.40 bits per heavy atom. The summed E-state index contributed by atoms with van der Waals surface area (Å²) in [5, 5.41) is 3.64. The van der Waals surface area contributed by atoms with Crippen molar-refractivity contribution in [2.24, 2.45) is 0 Å². The van der Waals surface area contributed by atoms with Crippen molar-refractivity contribution in [3.05, 3.63) is 65.2 Å². The number of benzene rings is 2. The van der Waals surface area contributed by atoms with E-state index >= 15 is 0 Å². The summed E-state index contributed by atoms with van der Waals surface area (Å²) in [7, 11) is -3.50. The molecule has 1 fully saturated rings. The summed E-state index contributed by atoms with van der Waals surface area (Å²) >= 11 is 6.14. The van der Waals surface area contributed by atoms with Gasteiger partial charge in [0.15, 0.2) is 0 Å². The van der Waals surface area contributed by atoms with Gasteiger partial charge in [0.1, 0.15) is 6.04 Å². The number of nitrogens with zero attached hydrogens (tertiary/aromatic N) is 2. The van der Waals surface area contributed by atoms with Crippen LogP contribution in [0.2, 0.25) is 5.02 Å². The van der Waals surface area contributed by atoms with Crippen LogP contribution in [0, 0.1) is 0 Å². The summed E-state index contributed by atoms with van der Waals surface area (Å²) in [6.07, 6.45) is 5.71. The second kappa shape index (κ2) is 12.4. The predicted octanol–water partition coefficient (Wildman–Crippen LogP) is 4.36. The standard InChI is InChI=1S/C26H34ClN3O4S/c1-20(26(32)28-23-12-6-7-13-23)29(19-21-10-8-11-22(27)18-21)25(31)16-9-17-30(35(2,33)34)24-14-4-3-5-15-24/h3-5,8,10-11,14-15,18,20,23H,6-7,9,12-13,16-17,19H2,1-2H3,(H,28,32)/t20-/m1/s1. The molecule has 35 heavy (non-hydrogen) atoms. The summed E-state index contributed by atoms with van der Waals surface area (Å²) in [5.74, 6) is -0.380. The van der Waals surface area contributed by atoms with Gasteiger partial charge in [-0.1, -0.05) is 54.8 Å². The summed E-state index contributed by atoms with van der Waals surface area (Å²) < 4.78 is 26.0. The van der Waals surface area contributed by atoms with Crippen molar-refractivity contribution in [1.29, 1.82) is 0 Å². The van der Waals surface area contributed by atoms with Gasteiger partial charge < -0.3 is 10.2 Å². The van der Waals surface area contributed by atoms with Crippen molar-refractivity contribution in [3.8, 4) is 0 Å². The maximum absolute atomic E-state index is 13.3. The lowest BCUT2D eigenvalue weighted by Crippen LogP contribution is -2.49. The molecule has 3 rings (SSSR count). The topological polar surface area (TPSA) is 86.8 Å². The maximum atomic E-state index is 13.3. The van der Waals surface area contributed by atoms with Crippen molar-refractivity contribution in [2.75, 3.05) is 17.1 Å². The van der Waals surface area contributed by atoms with Crippen LogP contribution in [0.5, 0.6) is 0 Å². The molecule has 190 valence electrons. The molecule has 9 heteroatoms. The van der Waals surface area contributed by atoms with Crippen molar-refractivity contribution in [1.82, 2.24) is 10.2 Å². The van der Waals surface area contributed by atoms with Gasteiger partial charge in [-0.25, -0.2) is 8.42 Å². The molecule has 0 heterocycles. The van der Waals surface area contributed by atoms with Gasteiger partial charge in [-0.15, -0.1) is 0 Å². The molecule has 0 saturated heterocycles. The lowest BCUT2D eigenvalue weighted by Gasteiger charge is -2.30. The van der Waals surface area contributed by atoms with Crippen molar-refractivity contribution < 1.29 is 18.0 Å². The lowest BCUT2D eigenvalue weighted by molar-refractivity contribution is -0.141. The normalized spacial score (nSPS) is 14.9. The van der Waals surface area contributed by atoms with Gasteiger partial charge in [0.05, 0.1) is 11.9 Å². The Bertz CT molecular complexity index is 1100. The molecule has 0 aromatic heterocycles. The Hall–Kier alpha value is -2.58. The fourth-order valence-corrected chi connectivity index (χ4v) is 5.58. The number of para-hydroxylation sites is 1. The molecule has 1 N–H and O–H groups in total. The zero-order valence-electron chi connectivity index (χ0n) is 20.3. The molecule has 7 nitrogen and oxygen atoms in total. The quantitative estimate of drug-likeness (QED) is 0.478. The molecule has 2 amide bonds. The summed E-state index contributed by atoms with van der Waals surface area (Å²) in [5.41, 5.74) is 1.39. The minimum Gasteiger partial charge on any atom is -0.352 e. The van der Waals surface area contributed by atoms with Crippen LogP contribution in [-0.2, 0) is 26.2 Å². The highest BCUT2D eigenvalue weighted by Gasteiger charge is 2.28. The Morgan fingerprint density at radius 2 is 1.77 bits per heavy atom. The fraction of sp³-hybridized carbons (Fsp3) is 0.462. The van der Waals surface area contributed by atoms with Crippen LogP contribution in [0.25, 0.3) is 0 Å². The van der Waals surface area contributed by atoms with Gasteiger partial charge in [-0.2, -0.15) is 0 Å². The predicted molar refractivity (Wildman–Crippen MR) is 140 cm³/mol. The van der Waals surface area contributed by atoms with Gasteiger partial charge in [-0.3, -0.25) is 13.9 Å². The summed E-state index contributed by atoms with van der Waals surface area (Å²) in [4.78, 5) is 27.9. The molecule has 1 aliphatic rings. The average molecular weight is 520 g/mol. The number of carbonyl (C=O) groups is 2. The Kier molecular flexibility index (Phi) is 9.57. The monoisotopic (exact) mass is 519 g/mol. The van der Waals surface area contributed by atoms with Crippen LogP contribution in [0.1, 0.15) is 51.0 Å². The number of hydrogen-bond donors (Lipinski definition) is 1. The third kappa shape index (κ3) is 7.97. The van der Waals surface area contributed by atoms with E-state index in [1.54, 1.807) is 48.2 Å². The first-order valence-corrected chi connectivity index (χ1v) is 14.2. The van der Waals surface area contributed by atoms with E-state index < -0.39 is 16.1 Å². The van der Waals surface area contributed by atoms with Crippen LogP contribution in [0.15, 0.2) is 54.6 Å². The second-order valence-corrected chi connectivity index (χ2v) is 11.4. The average Bonchev–Trinajstić information content (AvgIpc) is 3.32. The molecule has 0 spiro atoms. The molecule has 2 aromatic carbocycles. The van der Waals surface area contributed by atoms with E-state index in [0.717, 1.165) is 37.5 Å². The van der Waals surface area contributed by atoms with E-state index in [2.05, 4.69) is 5.32 Å². The number of amides is 2. The third-order valence-corrected chi connectivity index (χ3v) is 7.74. The highest BCUT2D eigenvalue weighted by molar-refractivity contribution is 7.92. The molecule has 0 unspecified atom stereocenters. The first kappa shape index (κ1) is 27.0. The molecule has 0 aliphatic heterocycles. The van der Waals surface area contributed by atoms with E-state index in [0.29, 0.717) is 17.1 Å². The van der Waals surface area contributed by atoms with Crippen molar-refractivity contribution in [2.45, 2.75) is 64.1 Å². The smallest absolute Gasteiger partial charge is 0.242 e. The van der Waals surface area contributed by atoms with E-state index in [-0.39, 0.29) is 37.4 Å². The molecule has 1 saturated carbocycles. The Morgan fingerprint density at radius 1 is 1.09 bits per heavy atom. The summed E-state index contributed by atoms with van der Waals surface area (Å²) in [6.45, 7) is 2.15. The molecule has 0 radical (unpaired) electrons. The molecule has 1 aliphatic carbocycles. The van der Waals surface area contributed by atoms with Gasteiger partial charge in [-0.05, 0) is 56.0 Å². The highest BCUT2D eigenvalue weighted by Crippen LogP contribution is 2.21.